The predicted molar refractivity (Wildman–Crippen MR) is 117 cm³/mol. The average molecular weight is 494 g/mol. The maximum absolute atomic E-state index is 13.0. The summed E-state index contributed by atoms with van der Waals surface area (Å²) in [6, 6.07) is 11.6. The number of hydrogen-bond acceptors (Lipinski definition) is 6. The Labute approximate surface area is 195 Å². The molecule has 0 atom stereocenters. The number of rotatable bonds is 7. The molecule has 12 heteroatoms. The van der Waals surface area contributed by atoms with Gasteiger partial charge in [-0.1, -0.05) is 29.4 Å². The van der Waals surface area contributed by atoms with Crippen LogP contribution in [0.2, 0.25) is 5.02 Å². The molecule has 4 rings (SSSR count). The van der Waals surface area contributed by atoms with Crippen molar-refractivity contribution < 1.29 is 22.4 Å². The monoisotopic (exact) mass is 493 g/mol. The van der Waals surface area contributed by atoms with E-state index in [0.717, 1.165) is 30.0 Å². The van der Waals surface area contributed by atoms with Crippen LogP contribution in [0.5, 0.6) is 0 Å². The second-order valence-electron chi connectivity index (χ2n) is 6.72. The third-order valence-electron chi connectivity index (χ3n) is 4.41. The first-order valence-electron chi connectivity index (χ1n) is 9.47. The number of alkyl halides is 3. The smallest absolute Gasteiger partial charge is 0.416 e. The predicted octanol–water partition coefficient (Wildman–Crippen LogP) is 5.38. The molecule has 7 nitrogen and oxygen atoms in total. The molecule has 0 unspecified atom stereocenters. The summed E-state index contributed by atoms with van der Waals surface area (Å²) in [7, 11) is 0. The highest BCUT2D eigenvalue weighted by Crippen LogP contribution is 2.34. The molecule has 0 aliphatic heterocycles. The van der Waals surface area contributed by atoms with E-state index in [2.05, 4.69) is 20.5 Å². The van der Waals surface area contributed by atoms with Gasteiger partial charge >= 0.3 is 6.18 Å². The van der Waals surface area contributed by atoms with Crippen LogP contribution in [0.25, 0.3) is 11.5 Å². The van der Waals surface area contributed by atoms with Crippen molar-refractivity contribution in [2.45, 2.75) is 17.9 Å². The number of nitrogens with zero attached hydrogens (tertiary/aromatic N) is 4. The van der Waals surface area contributed by atoms with Crippen molar-refractivity contribution in [1.29, 1.82) is 0 Å². The van der Waals surface area contributed by atoms with Gasteiger partial charge < -0.3 is 9.73 Å². The molecule has 1 amide bonds. The molecule has 0 aliphatic carbocycles. The first-order valence-corrected chi connectivity index (χ1v) is 10.8. The molecule has 33 heavy (non-hydrogen) atoms. The van der Waals surface area contributed by atoms with Crippen LogP contribution in [0.3, 0.4) is 0 Å². The largest absolute Gasteiger partial charge is 0.467 e. The van der Waals surface area contributed by atoms with Gasteiger partial charge in [0.1, 0.15) is 11.5 Å². The lowest BCUT2D eigenvalue weighted by Gasteiger charge is -2.12. The summed E-state index contributed by atoms with van der Waals surface area (Å²) < 4.78 is 46.0. The van der Waals surface area contributed by atoms with E-state index in [9.17, 15) is 18.0 Å². The summed E-state index contributed by atoms with van der Waals surface area (Å²) in [6.45, 7) is 0.301. The van der Waals surface area contributed by atoms with Crippen molar-refractivity contribution >= 4 is 35.0 Å². The second kappa shape index (κ2) is 9.67. The number of amides is 1. The fourth-order valence-electron chi connectivity index (χ4n) is 2.89. The highest BCUT2D eigenvalue weighted by Gasteiger charge is 2.31. The van der Waals surface area contributed by atoms with Gasteiger partial charge in [0.05, 0.1) is 34.8 Å². The molecule has 170 valence electrons. The Hall–Kier alpha value is -3.31. The lowest BCUT2D eigenvalue weighted by Crippen LogP contribution is -2.16. The molecule has 1 aromatic carbocycles. The van der Waals surface area contributed by atoms with Crippen molar-refractivity contribution in [3.8, 4) is 11.5 Å². The first-order chi connectivity index (χ1) is 15.8. The summed E-state index contributed by atoms with van der Waals surface area (Å²) >= 11 is 7.02. The lowest BCUT2D eigenvalue weighted by molar-refractivity contribution is -0.137. The van der Waals surface area contributed by atoms with Crippen LogP contribution in [0.4, 0.5) is 18.9 Å². The maximum atomic E-state index is 13.0. The maximum Gasteiger partial charge on any atom is 0.416 e. The topological polar surface area (TPSA) is 85.8 Å². The zero-order valence-electron chi connectivity index (χ0n) is 16.7. The zero-order valence-corrected chi connectivity index (χ0v) is 18.3. The van der Waals surface area contributed by atoms with Gasteiger partial charge in [0, 0.05) is 6.20 Å². The number of furan rings is 1. The van der Waals surface area contributed by atoms with Gasteiger partial charge in [-0.2, -0.15) is 13.2 Å². The quantitative estimate of drug-likeness (QED) is 0.348. The van der Waals surface area contributed by atoms with Crippen LogP contribution in [0.15, 0.2) is 70.6 Å². The molecule has 0 fully saturated rings. The fraction of sp³-hybridized carbons (Fsp3) is 0.143. The number of carbonyl (C=O) groups excluding carboxylic acids is 1. The third kappa shape index (κ3) is 5.55. The number of thioether (sulfide) groups is 1. The van der Waals surface area contributed by atoms with E-state index in [-0.39, 0.29) is 16.5 Å². The zero-order chi connectivity index (χ0) is 23.4. The number of carbonyl (C=O) groups is 1. The Kier molecular flexibility index (Phi) is 6.70. The van der Waals surface area contributed by atoms with Crippen LogP contribution < -0.4 is 5.32 Å². The number of aromatic nitrogens is 4. The van der Waals surface area contributed by atoms with Gasteiger partial charge in [-0.3, -0.25) is 14.3 Å². The van der Waals surface area contributed by atoms with E-state index < -0.39 is 17.6 Å². The van der Waals surface area contributed by atoms with Gasteiger partial charge in [0.25, 0.3) is 0 Å². The molecular formula is C21H15ClF3N5O2S. The standard InChI is InChI=1S/C21H15ClF3N5O2S/c22-15-7-6-13(21(23,24)25)10-17(15)27-18(31)12-33-20-29-28-19(16-5-1-2-8-26-16)30(20)11-14-4-3-9-32-14/h1-10H,11-12H2,(H,27,31). The van der Waals surface area contributed by atoms with Gasteiger partial charge in [-0.15, -0.1) is 10.2 Å². The average Bonchev–Trinajstić information content (AvgIpc) is 3.44. The van der Waals surface area contributed by atoms with E-state index in [1.54, 1.807) is 41.3 Å². The van der Waals surface area contributed by atoms with Gasteiger partial charge in [0.15, 0.2) is 11.0 Å². The first kappa shape index (κ1) is 22.9. The van der Waals surface area contributed by atoms with Crippen molar-refractivity contribution in [3.63, 3.8) is 0 Å². The number of anilines is 1. The molecule has 4 aromatic rings. The van der Waals surface area contributed by atoms with Gasteiger partial charge in [-0.25, -0.2) is 0 Å². The van der Waals surface area contributed by atoms with E-state index >= 15 is 0 Å². The Morgan fingerprint density at radius 3 is 2.70 bits per heavy atom. The molecule has 0 bridgehead atoms. The second-order valence-corrected chi connectivity index (χ2v) is 8.07. The summed E-state index contributed by atoms with van der Waals surface area (Å²) in [4.78, 5) is 16.7. The summed E-state index contributed by atoms with van der Waals surface area (Å²) in [5.41, 5.74) is -0.444. The van der Waals surface area contributed by atoms with Crippen molar-refractivity contribution in [2.75, 3.05) is 11.1 Å². The summed E-state index contributed by atoms with van der Waals surface area (Å²) in [6.07, 6.45) is -1.39. The van der Waals surface area contributed by atoms with Crippen LogP contribution >= 0.6 is 23.4 Å². The number of benzene rings is 1. The van der Waals surface area contributed by atoms with E-state index in [0.29, 0.717) is 29.0 Å². The summed E-state index contributed by atoms with van der Waals surface area (Å²) in [5.74, 6) is 0.448. The highest BCUT2D eigenvalue weighted by atomic mass is 35.5. The van der Waals surface area contributed by atoms with Gasteiger partial charge in [-0.05, 0) is 42.5 Å². The highest BCUT2D eigenvalue weighted by molar-refractivity contribution is 7.99. The number of pyridine rings is 1. The van der Waals surface area contributed by atoms with Crippen LogP contribution in [0.1, 0.15) is 11.3 Å². The molecule has 3 aromatic heterocycles. The molecule has 0 radical (unpaired) electrons. The molecule has 1 N–H and O–H groups in total. The van der Waals surface area contributed by atoms with Crippen molar-refractivity contribution in [2.24, 2.45) is 0 Å². The van der Waals surface area contributed by atoms with Crippen molar-refractivity contribution in [3.05, 3.63) is 77.3 Å². The van der Waals surface area contributed by atoms with Crippen molar-refractivity contribution in [1.82, 2.24) is 19.7 Å². The van der Waals surface area contributed by atoms with E-state index in [1.165, 1.54) is 0 Å². The molecule has 0 saturated heterocycles. The molecule has 0 aliphatic rings. The number of halogens is 4. The van der Waals surface area contributed by atoms with E-state index in [1.807, 2.05) is 6.07 Å². The van der Waals surface area contributed by atoms with Gasteiger partial charge in [0.2, 0.25) is 5.91 Å². The normalized spacial score (nSPS) is 11.5. The minimum Gasteiger partial charge on any atom is -0.467 e. The van der Waals surface area contributed by atoms with E-state index in [4.69, 9.17) is 16.0 Å². The van der Waals surface area contributed by atoms with Crippen LogP contribution in [-0.2, 0) is 17.5 Å². The van der Waals surface area contributed by atoms with Crippen LogP contribution in [-0.4, -0.2) is 31.4 Å². The molecular weight excluding hydrogens is 479 g/mol. The Morgan fingerprint density at radius 1 is 1.15 bits per heavy atom. The minimum atomic E-state index is -4.55. The lowest BCUT2D eigenvalue weighted by atomic mass is 10.2. The minimum absolute atomic E-state index is 0.000209. The summed E-state index contributed by atoms with van der Waals surface area (Å²) in [5, 5.41) is 11.2. The fourth-order valence-corrected chi connectivity index (χ4v) is 3.80. The number of nitrogens with one attached hydrogen (secondary N) is 1. The SMILES string of the molecule is O=C(CSc1nnc(-c2ccccn2)n1Cc1ccco1)Nc1cc(C(F)(F)F)ccc1Cl. The third-order valence-corrected chi connectivity index (χ3v) is 5.70. The Bertz CT molecular complexity index is 1250. The van der Waals surface area contributed by atoms with Crippen LogP contribution in [0, 0.1) is 0 Å². The Balaban J connectivity index is 1.51. The Morgan fingerprint density at radius 2 is 2.00 bits per heavy atom. The number of hydrogen-bond donors (Lipinski definition) is 1. The molecule has 0 spiro atoms. The molecule has 3 heterocycles. The molecule has 0 saturated carbocycles.